The largest absolute Gasteiger partial charge is 0.300 e. The maximum absolute atomic E-state index is 11.6. The van der Waals surface area contributed by atoms with E-state index in [1.165, 1.54) is 24.8 Å². The van der Waals surface area contributed by atoms with Crippen molar-refractivity contribution in [1.82, 2.24) is 14.7 Å². The Bertz CT molecular complexity index is 410. The number of hydrogen-bond acceptors (Lipinski definition) is 3. The second-order valence-corrected chi connectivity index (χ2v) is 5.38. The molecule has 92 valence electrons. The molecule has 3 rings (SSSR count). The van der Waals surface area contributed by atoms with Crippen molar-refractivity contribution < 1.29 is 4.79 Å². The van der Waals surface area contributed by atoms with Crippen molar-refractivity contribution >= 4 is 5.78 Å². The number of carbonyl (C=O) groups excluding carboxylic acids is 1. The fourth-order valence-electron chi connectivity index (χ4n) is 3.29. The Morgan fingerprint density at radius 2 is 2.06 bits per heavy atom. The summed E-state index contributed by atoms with van der Waals surface area (Å²) in [5.74, 6) is 0.460. The first-order valence-corrected chi connectivity index (χ1v) is 6.47. The van der Waals surface area contributed by atoms with Crippen LogP contribution in [0.5, 0.6) is 0 Å². The molecular weight excluding hydrogens is 214 g/mol. The average molecular weight is 233 g/mol. The molecule has 2 saturated heterocycles. The SMILES string of the molecule is Cn1cc(CN2C3CCCC2CC(=O)C3)cn1. The highest BCUT2D eigenvalue weighted by Gasteiger charge is 2.37. The van der Waals surface area contributed by atoms with Crippen LogP contribution >= 0.6 is 0 Å². The van der Waals surface area contributed by atoms with Gasteiger partial charge in [-0.2, -0.15) is 5.10 Å². The molecule has 3 heterocycles. The number of fused-ring (bicyclic) bond motifs is 2. The molecule has 4 heteroatoms. The topological polar surface area (TPSA) is 38.1 Å². The third kappa shape index (κ3) is 2.14. The van der Waals surface area contributed by atoms with Crippen molar-refractivity contribution in [3.8, 4) is 0 Å². The van der Waals surface area contributed by atoms with Gasteiger partial charge in [0.1, 0.15) is 5.78 Å². The van der Waals surface area contributed by atoms with Gasteiger partial charge in [-0.1, -0.05) is 6.42 Å². The summed E-state index contributed by atoms with van der Waals surface area (Å²) in [6, 6.07) is 0.963. The third-order valence-electron chi connectivity index (χ3n) is 4.06. The number of rotatable bonds is 2. The number of carbonyl (C=O) groups is 1. The molecule has 1 aromatic rings. The highest BCUT2D eigenvalue weighted by Crippen LogP contribution is 2.33. The van der Waals surface area contributed by atoms with E-state index in [2.05, 4.69) is 16.2 Å². The highest BCUT2D eigenvalue weighted by molar-refractivity contribution is 5.80. The van der Waals surface area contributed by atoms with E-state index in [0.29, 0.717) is 17.9 Å². The van der Waals surface area contributed by atoms with Gasteiger partial charge in [-0.15, -0.1) is 0 Å². The fourth-order valence-corrected chi connectivity index (χ4v) is 3.29. The van der Waals surface area contributed by atoms with Crippen molar-refractivity contribution in [1.29, 1.82) is 0 Å². The van der Waals surface area contributed by atoms with Gasteiger partial charge in [-0.3, -0.25) is 14.4 Å². The molecule has 0 aromatic carbocycles. The number of aryl methyl sites for hydroxylation is 1. The number of aromatic nitrogens is 2. The van der Waals surface area contributed by atoms with E-state index in [-0.39, 0.29) is 0 Å². The molecule has 17 heavy (non-hydrogen) atoms. The Kier molecular flexibility index (Phi) is 2.74. The molecule has 2 unspecified atom stereocenters. The van der Waals surface area contributed by atoms with Crippen molar-refractivity contribution in [3.05, 3.63) is 18.0 Å². The van der Waals surface area contributed by atoms with E-state index in [0.717, 1.165) is 19.4 Å². The molecule has 2 aliphatic heterocycles. The van der Waals surface area contributed by atoms with Crippen LogP contribution in [0.1, 0.15) is 37.7 Å². The predicted octanol–water partition coefficient (Wildman–Crippen LogP) is 1.51. The minimum Gasteiger partial charge on any atom is -0.300 e. The number of nitrogens with zero attached hydrogens (tertiary/aromatic N) is 3. The van der Waals surface area contributed by atoms with Crippen LogP contribution in [0.3, 0.4) is 0 Å². The van der Waals surface area contributed by atoms with Crippen LogP contribution in [-0.4, -0.2) is 32.5 Å². The van der Waals surface area contributed by atoms with Crippen LogP contribution in [0, 0.1) is 0 Å². The van der Waals surface area contributed by atoms with E-state index in [1.807, 2.05) is 17.9 Å². The summed E-state index contributed by atoms with van der Waals surface area (Å²) in [6.07, 6.45) is 9.18. The molecule has 2 aliphatic rings. The van der Waals surface area contributed by atoms with E-state index < -0.39 is 0 Å². The summed E-state index contributed by atoms with van der Waals surface area (Å²) in [7, 11) is 1.95. The standard InChI is InChI=1S/C13H19N3O/c1-15-8-10(7-14-15)9-16-11-3-2-4-12(16)6-13(17)5-11/h7-8,11-12H,2-6,9H2,1H3. The molecule has 0 aliphatic carbocycles. The maximum atomic E-state index is 11.6. The Morgan fingerprint density at radius 3 is 2.65 bits per heavy atom. The van der Waals surface area contributed by atoms with Crippen LogP contribution in [-0.2, 0) is 18.4 Å². The second kappa shape index (κ2) is 4.26. The smallest absolute Gasteiger partial charge is 0.136 e. The molecular formula is C13H19N3O. The summed E-state index contributed by atoms with van der Waals surface area (Å²) in [6.45, 7) is 0.955. The van der Waals surface area contributed by atoms with Gasteiger partial charge >= 0.3 is 0 Å². The Balaban J connectivity index is 1.76. The van der Waals surface area contributed by atoms with Crippen LogP contribution < -0.4 is 0 Å². The number of Topliss-reactive ketones (excluding diaryl/α,β-unsaturated/α-hetero) is 1. The van der Waals surface area contributed by atoms with Gasteiger partial charge in [0.05, 0.1) is 6.20 Å². The zero-order chi connectivity index (χ0) is 11.8. The number of hydrogen-bond donors (Lipinski definition) is 0. The summed E-state index contributed by atoms with van der Waals surface area (Å²) in [5.41, 5.74) is 1.26. The normalized spacial score (nSPS) is 29.6. The van der Waals surface area contributed by atoms with Crippen molar-refractivity contribution in [2.75, 3.05) is 0 Å². The summed E-state index contributed by atoms with van der Waals surface area (Å²) >= 11 is 0. The van der Waals surface area contributed by atoms with Crippen LogP contribution in [0.15, 0.2) is 12.4 Å². The highest BCUT2D eigenvalue weighted by atomic mass is 16.1. The Labute approximate surface area is 102 Å². The third-order valence-corrected chi connectivity index (χ3v) is 4.06. The molecule has 2 fully saturated rings. The summed E-state index contributed by atoms with van der Waals surface area (Å²) < 4.78 is 1.85. The number of piperidine rings is 2. The molecule has 1 aromatic heterocycles. The zero-order valence-electron chi connectivity index (χ0n) is 10.3. The molecule has 0 spiro atoms. The van der Waals surface area contributed by atoms with Gasteiger partial charge in [0.15, 0.2) is 0 Å². The lowest BCUT2D eigenvalue weighted by atomic mass is 9.83. The first-order chi connectivity index (χ1) is 8.22. The number of ketones is 1. The lowest BCUT2D eigenvalue weighted by molar-refractivity contribution is -0.127. The van der Waals surface area contributed by atoms with Crippen molar-refractivity contribution in [2.24, 2.45) is 7.05 Å². The lowest BCUT2D eigenvalue weighted by Gasteiger charge is -2.45. The summed E-state index contributed by atoms with van der Waals surface area (Å²) in [5, 5.41) is 4.21. The molecule has 0 amide bonds. The van der Waals surface area contributed by atoms with Gasteiger partial charge in [0, 0.05) is 50.3 Å². The quantitative estimate of drug-likeness (QED) is 0.777. The van der Waals surface area contributed by atoms with Crippen LogP contribution in [0.2, 0.25) is 0 Å². The predicted molar refractivity (Wildman–Crippen MR) is 64.4 cm³/mol. The minimum absolute atomic E-state index is 0.460. The Hall–Kier alpha value is -1.16. The zero-order valence-corrected chi connectivity index (χ0v) is 10.3. The van der Waals surface area contributed by atoms with Gasteiger partial charge in [-0.05, 0) is 12.8 Å². The van der Waals surface area contributed by atoms with E-state index >= 15 is 0 Å². The lowest BCUT2D eigenvalue weighted by Crippen LogP contribution is -2.51. The van der Waals surface area contributed by atoms with Crippen LogP contribution in [0.4, 0.5) is 0 Å². The molecule has 4 nitrogen and oxygen atoms in total. The summed E-state index contributed by atoms with van der Waals surface area (Å²) in [4.78, 5) is 14.2. The Morgan fingerprint density at radius 1 is 1.35 bits per heavy atom. The molecule has 0 N–H and O–H groups in total. The van der Waals surface area contributed by atoms with Crippen LogP contribution in [0.25, 0.3) is 0 Å². The van der Waals surface area contributed by atoms with Gasteiger partial charge < -0.3 is 0 Å². The average Bonchev–Trinajstić information content (AvgIpc) is 2.65. The monoisotopic (exact) mass is 233 g/mol. The van der Waals surface area contributed by atoms with Gasteiger partial charge in [0.25, 0.3) is 0 Å². The minimum atomic E-state index is 0.460. The van der Waals surface area contributed by atoms with Gasteiger partial charge in [-0.25, -0.2) is 0 Å². The maximum Gasteiger partial charge on any atom is 0.136 e. The molecule has 0 saturated carbocycles. The van der Waals surface area contributed by atoms with Gasteiger partial charge in [0.2, 0.25) is 0 Å². The van der Waals surface area contributed by atoms with E-state index in [4.69, 9.17) is 0 Å². The van der Waals surface area contributed by atoms with Crippen molar-refractivity contribution in [3.63, 3.8) is 0 Å². The molecule has 2 bridgehead atoms. The van der Waals surface area contributed by atoms with Crippen molar-refractivity contribution in [2.45, 2.75) is 50.7 Å². The fraction of sp³-hybridized carbons (Fsp3) is 0.692. The first-order valence-electron chi connectivity index (χ1n) is 6.47. The van der Waals surface area contributed by atoms with E-state index in [1.54, 1.807) is 0 Å². The van der Waals surface area contributed by atoms with E-state index in [9.17, 15) is 4.79 Å². The first kappa shape index (κ1) is 11.0. The molecule has 0 radical (unpaired) electrons. The second-order valence-electron chi connectivity index (χ2n) is 5.38. The molecule has 2 atom stereocenters.